The molecule has 0 saturated carbocycles. The fraction of sp³-hybridized carbons (Fsp3) is 0.200. The third-order valence-electron chi connectivity index (χ3n) is 2.87. The minimum atomic E-state index is -0.589. The lowest BCUT2D eigenvalue weighted by atomic mass is 10.0. The predicted octanol–water partition coefficient (Wildman–Crippen LogP) is 4.50. The molecule has 0 aromatic heterocycles. The molecule has 1 unspecified atom stereocenters. The number of ether oxygens (including phenoxy) is 1. The van der Waals surface area contributed by atoms with Gasteiger partial charge in [-0.1, -0.05) is 18.2 Å². The van der Waals surface area contributed by atoms with Gasteiger partial charge in [-0.15, -0.1) is 11.6 Å². The van der Waals surface area contributed by atoms with Gasteiger partial charge in [-0.05, 0) is 35.7 Å². The smallest absolute Gasteiger partial charge is 0.129 e. The number of benzene rings is 2. The molecule has 1 atom stereocenters. The molecule has 0 spiro atoms. The van der Waals surface area contributed by atoms with E-state index in [0.717, 1.165) is 11.6 Å². The van der Waals surface area contributed by atoms with Crippen LogP contribution in [-0.4, -0.2) is 7.11 Å². The van der Waals surface area contributed by atoms with Gasteiger partial charge in [0, 0.05) is 6.07 Å². The molecule has 0 radical (unpaired) electrons. The van der Waals surface area contributed by atoms with E-state index in [0.29, 0.717) is 17.7 Å². The van der Waals surface area contributed by atoms with Crippen molar-refractivity contribution in [3.8, 4) is 5.75 Å². The summed E-state index contributed by atoms with van der Waals surface area (Å²) in [7, 11) is 1.57. The summed E-state index contributed by atoms with van der Waals surface area (Å²) in [6, 6.07) is 10.8. The molecule has 0 amide bonds. The summed E-state index contributed by atoms with van der Waals surface area (Å²) in [5, 5.41) is -0.393. The lowest BCUT2D eigenvalue weighted by molar-refractivity contribution is 0.414. The minimum absolute atomic E-state index is 0.292. The first-order chi connectivity index (χ1) is 9.10. The van der Waals surface area contributed by atoms with Crippen molar-refractivity contribution in [1.82, 2.24) is 0 Å². The first kappa shape index (κ1) is 13.8. The van der Waals surface area contributed by atoms with Gasteiger partial charge >= 0.3 is 0 Å². The molecule has 0 heterocycles. The van der Waals surface area contributed by atoms with Gasteiger partial charge in [0.25, 0.3) is 0 Å². The van der Waals surface area contributed by atoms with Crippen LogP contribution in [0.5, 0.6) is 5.75 Å². The molecule has 1 nitrogen and oxygen atoms in total. The van der Waals surface area contributed by atoms with Crippen LogP contribution in [0.3, 0.4) is 0 Å². The number of alkyl halides is 1. The zero-order valence-corrected chi connectivity index (χ0v) is 11.1. The fourth-order valence-corrected chi connectivity index (χ4v) is 2.14. The predicted molar refractivity (Wildman–Crippen MR) is 71.7 cm³/mol. The van der Waals surface area contributed by atoms with Gasteiger partial charge in [-0.3, -0.25) is 0 Å². The van der Waals surface area contributed by atoms with E-state index in [9.17, 15) is 8.78 Å². The number of halogens is 3. The molecule has 0 aliphatic heterocycles. The van der Waals surface area contributed by atoms with Gasteiger partial charge in [-0.25, -0.2) is 8.78 Å². The Bertz CT molecular complexity index is 572. The second kappa shape index (κ2) is 6.02. The Morgan fingerprint density at radius 1 is 1.16 bits per heavy atom. The summed E-state index contributed by atoms with van der Waals surface area (Å²) in [5.41, 5.74) is 1.23. The third-order valence-corrected chi connectivity index (χ3v) is 3.28. The van der Waals surface area contributed by atoms with Gasteiger partial charge in [0.1, 0.15) is 17.4 Å². The molecule has 2 rings (SSSR count). The van der Waals surface area contributed by atoms with Crippen LogP contribution in [0.15, 0.2) is 42.5 Å². The molecule has 0 N–H and O–H groups in total. The molecule has 4 heteroatoms. The molecular formula is C15H13ClF2O. The van der Waals surface area contributed by atoms with Crippen LogP contribution in [-0.2, 0) is 6.42 Å². The minimum Gasteiger partial charge on any atom is -0.497 e. The zero-order valence-electron chi connectivity index (χ0n) is 10.4. The van der Waals surface area contributed by atoms with Crippen molar-refractivity contribution >= 4 is 11.6 Å². The largest absolute Gasteiger partial charge is 0.497 e. The molecule has 0 fully saturated rings. The van der Waals surface area contributed by atoms with Crippen LogP contribution in [0, 0.1) is 11.6 Å². The molecule has 0 aliphatic rings. The summed E-state index contributed by atoms with van der Waals surface area (Å²) in [4.78, 5) is 0. The molecule has 0 saturated heterocycles. The summed E-state index contributed by atoms with van der Waals surface area (Å²) < 4.78 is 31.5. The van der Waals surface area contributed by atoms with Crippen molar-refractivity contribution in [1.29, 1.82) is 0 Å². The average Bonchev–Trinajstić information content (AvgIpc) is 2.42. The molecule has 100 valence electrons. The van der Waals surface area contributed by atoms with E-state index in [1.165, 1.54) is 12.1 Å². The van der Waals surface area contributed by atoms with E-state index >= 15 is 0 Å². The Morgan fingerprint density at radius 2 is 1.95 bits per heavy atom. The van der Waals surface area contributed by atoms with Crippen molar-refractivity contribution in [2.45, 2.75) is 11.8 Å². The Balaban J connectivity index is 2.17. The molecule has 0 bridgehead atoms. The van der Waals surface area contributed by atoms with Crippen molar-refractivity contribution in [3.05, 3.63) is 65.2 Å². The van der Waals surface area contributed by atoms with Gasteiger partial charge in [0.2, 0.25) is 0 Å². The quantitative estimate of drug-likeness (QED) is 0.751. The average molecular weight is 283 g/mol. The highest BCUT2D eigenvalue weighted by Crippen LogP contribution is 2.28. The molecular weight excluding hydrogens is 270 g/mol. The van der Waals surface area contributed by atoms with Gasteiger partial charge in [0.05, 0.1) is 12.5 Å². The van der Waals surface area contributed by atoms with E-state index in [1.807, 2.05) is 18.2 Å². The van der Waals surface area contributed by atoms with E-state index < -0.39 is 17.0 Å². The van der Waals surface area contributed by atoms with Crippen molar-refractivity contribution in [3.63, 3.8) is 0 Å². The number of methoxy groups -OCH3 is 1. The van der Waals surface area contributed by atoms with Gasteiger partial charge in [-0.2, -0.15) is 0 Å². The van der Waals surface area contributed by atoms with Gasteiger partial charge in [0.15, 0.2) is 0 Å². The number of hydrogen-bond acceptors (Lipinski definition) is 1. The van der Waals surface area contributed by atoms with Crippen LogP contribution < -0.4 is 4.74 Å². The summed E-state index contributed by atoms with van der Waals surface area (Å²) in [6.45, 7) is 0. The Morgan fingerprint density at radius 3 is 2.63 bits per heavy atom. The second-order valence-corrected chi connectivity index (χ2v) is 4.71. The SMILES string of the molecule is COc1cccc(C(Cl)Cc2ccc(F)cc2F)c1. The molecule has 19 heavy (non-hydrogen) atoms. The Labute approximate surface area is 115 Å². The van der Waals surface area contributed by atoms with E-state index in [4.69, 9.17) is 16.3 Å². The third kappa shape index (κ3) is 3.44. The molecule has 0 aliphatic carbocycles. The highest BCUT2D eigenvalue weighted by molar-refractivity contribution is 6.20. The summed E-state index contributed by atoms with van der Waals surface area (Å²) >= 11 is 6.27. The number of rotatable bonds is 4. The van der Waals surface area contributed by atoms with E-state index in [1.54, 1.807) is 13.2 Å². The molecule has 2 aromatic carbocycles. The maximum absolute atomic E-state index is 13.5. The first-order valence-electron chi connectivity index (χ1n) is 5.82. The monoisotopic (exact) mass is 282 g/mol. The van der Waals surface area contributed by atoms with Crippen molar-refractivity contribution < 1.29 is 13.5 Å². The number of hydrogen-bond donors (Lipinski definition) is 0. The lowest BCUT2D eigenvalue weighted by Gasteiger charge is -2.12. The fourth-order valence-electron chi connectivity index (χ4n) is 1.83. The van der Waals surface area contributed by atoms with Crippen LogP contribution in [0.4, 0.5) is 8.78 Å². The topological polar surface area (TPSA) is 9.23 Å². The second-order valence-electron chi connectivity index (χ2n) is 4.18. The zero-order chi connectivity index (χ0) is 13.8. The first-order valence-corrected chi connectivity index (χ1v) is 6.25. The highest BCUT2D eigenvalue weighted by Gasteiger charge is 2.13. The van der Waals surface area contributed by atoms with Crippen LogP contribution >= 0.6 is 11.6 Å². The normalized spacial score (nSPS) is 12.2. The van der Waals surface area contributed by atoms with Crippen LogP contribution in [0.2, 0.25) is 0 Å². The van der Waals surface area contributed by atoms with Crippen molar-refractivity contribution in [2.24, 2.45) is 0 Å². The highest BCUT2D eigenvalue weighted by atomic mass is 35.5. The van der Waals surface area contributed by atoms with E-state index in [2.05, 4.69) is 0 Å². The maximum atomic E-state index is 13.5. The van der Waals surface area contributed by atoms with E-state index in [-0.39, 0.29) is 0 Å². The Hall–Kier alpha value is -1.61. The molecule has 2 aromatic rings. The summed E-state index contributed by atoms with van der Waals surface area (Å²) in [6.07, 6.45) is 0.292. The van der Waals surface area contributed by atoms with Crippen LogP contribution in [0.25, 0.3) is 0 Å². The maximum Gasteiger partial charge on any atom is 0.129 e. The standard InChI is InChI=1S/C15H13ClF2O/c1-19-13-4-2-3-10(7-13)14(16)8-11-5-6-12(17)9-15(11)18/h2-7,9,14H,8H2,1H3. The Kier molecular flexibility index (Phi) is 4.38. The lowest BCUT2D eigenvalue weighted by Crippen LogP contribution is -1.99. The summed E-state index contributed by atoms with van der Waals surface area (Å²) in [5.74, 6) is -0.468. The van der Waals surface area contributed by atoms with Gasteiger partial charge < -0.3 is 4.74 Å². The van der Waals surface area contributed by atoms with Crippen LogP contribution in [0.1, 0.15) is 16.5 Å². The van der Waals surface area contributed by atoms with Crippen molar-refractivity contribution in [2.75, 3.05) is 7.11 Å².